The molecule has 1 unspecified atom stereocenters. The van der Waals surface area contributed by atoms with Gasteiger partial charge in [0.2, 0.25) is 5.90 Å². The van der Waals surface area contributed by atoms with Crippen molar-refractivity contribution in [2.75, 3.05) is 6.61 Å². The molecule has 27 heavy (non-hydrogen) atoms. The van der Waals surface area contributed by atoms with Gasteiger partial charge in [0.1, 0.15) is 35.6 Å². The zero-order valence-corrected chi connectivity index (χ0v) is 14.8. The van der Waals surface area contributed by atoms with Crippen LogP contribution in [0.3, 0.4) is 0 Å². The number of ether oxygens (including phenoxy) is 1. The highest BCUT2D eigenvalue weighted by molar-refractivity contribution is 6.32. The Hall–Kier alpha value is -2.92. The number of nitrogens with zero attached hydrogens (tertiary/aromatic N) is 1. The number of benzene rings is 3. The van der Waals surface area contributed by atoms with Crippen LogP contribution in [0.5, 0.6) is 5.75 Å². The smallest absolute Gasteiger partial charge is 0.222 e. The number of halogens is 3. The van der Waals surface area contributed by atoms with Crippen molar-refractivity contribution in [1.29, 1.82) is 0 Å². The minimum atomic E-state index is -0.700. The summed E-state index contributed by atoms with van der Waals surface area (Å²) < 4.78 is 33.2. The van der Waals surface area contributed by atoms with E-state index in [1.165, 1.54) is 24.3 Å². The number of rotatable bonds is 3. The fourth-order valence-electron chi connectivity index (χ4n) is 2.97. The van der Waals surface area contributed by atoms with E-state index in [9.17, 15) is 13.9 Å². The Balaban J connectivity index is 1.60. The van der Waals surface area contributed by atoms with Gasteiger partial charge in [-0.05, 0) is 41.0 Å². The highest BCUT2D eigenvalue weighted by Gasteiger charge is 2.26. The Morgan fingerprint density at radius 1 is 0.963 bits per heavy atom. The Morgan fingerprint density at radius 3 is 2.30 bits per heavy atom. The second kappa shape index (κ2) is 7.00. The number of hydrogen-bond acceptors (Lipinski definition) is 3. The third kappa shape index (κ3) is 3.38. The molecule has 1 N–H and O–H groups in total. The summed E-state index contributed by atoms with van der Waals surface area (Å²) in [4.78, 5) is 4.34. The van der Waals surface area contributed by atoms with Crippen molar-refractivity contribution >= 4 is 17.5 Å². The van der Waals surface area contributed by atoms with Gasteiger partial charge in [0.25, 0.3) is 0 Å². The molecule has 1 aliphatic heterocycles. The molecule has 1 atom stereocenters. The lowest BCUT2D eigenvalue weighted by atomic mass is 10.0. The SMILES string of the molecule is Oc1ccc(-c2ccc(C3COC(c4c(F)cccc4F)=N3)cc2)cc1Cl. The van der Waals surface area contributed by atoms with Crippen molar-refractivity contribution in [3.63, 3.8) is 0 Å². The van der Waals surface area contributed by atoms with Gasteiger partial charge < -0.3 is 9.84 Å². The molecule has 0 fully saturated rings. The molecule has 0 saturated carbocycles. The molecule has 0 saturated heterocycles. The molecule has 0 radical (unpaired) electrons. The van der Waals surface area contributed by atoms with E-state index >= 15 is 0 Å². The maximum Gasteiger partial charge on any atom is 0.222 e. The molecule has 136 valence electrons. The van der Waals surface area contributed by atoms with Crippen molar-refractivity contribution in [3.8, 4) is 16.9 Å². The summed E-state index contributed by atoms with van der Waals surface area (Å²) in [6.45, 7) is 0.216. The molecule has 0 spiro atoms. The largest absolute Gasteiger partial charge is 0.506 e. The molecule has 0 aliphatic carbocycles. The van der Waals surface area contributed by atoms with Gasteiger partial charge in [0.05, 0.1) is 5.02 Å². The normalized spacial score (nSPS) is 16.1. The number of aromatic hydroxyl groups is 1. The molecule has 1 aliphatic rings. The number of aliphatic imine (C=N–C) groups is 1. The number of phenols is 1. The highest BCUT2D eigenvalue weighted by atomic mass is 35.5. The van der Waals surface area contributed by atoms with Gasteiger partial charge >= 0.3 is 0 Å². The molecular weight excluding hydrogens is 372 g/mol. The summed E-state index contributed by atoms with van der Waals surface area (Å²) in [7, 11) is 0. The predicted octanol–water partition coefficient (Wildman–Crippen LogP) is 5.51. The molecule has 3 aromatic carbocycles. The fraction of sp³-hybridized carbons (Fsp3) is 0.0952. The topological polar surface area (TPSA) is 41.8 Å². The van der Waals surface area contributed by atoms with Gasteiger partial charge in [-0.2, -0.15) is 0 Å². The van der Waals surface area contributed by atoms with Crippen LogP contribution in [0.25, 0.3) is 11.1 Å². The van der Waals surface area contributed by atoms with Crippen LogP contribution in [0.4, 0.5) is 8.78 Å². The number of phenolic OH excluding ortho intramolecular Hbond substituents is 1. The van der Waals surface area contributed by atoms with Gasteiger partial charge in [-0.3, -0.25) is 0 Å². The quantitative estimate of drug-likeness (QED) is 0.646. The fourth-order valence-corrected chi connectivity index (χ4v) is 3.15. The summed E-state index contributed by atoms with van der Waals surface area (Å²) in [6, 6.07) is 15.9. The maximum atomic E-state index is 13.9. The van der Waals surface area contributed by atoms with Gasteiger partial charge in [0.15, 0.2) is 0 Å². The van der Waals surface area contributed by atoms with E-state index in [1.54, 1.807) is 12.1 Å². The minimum absolute atomic E-state index is 0.0232. The first kappa shape index (κ1) is 17.5. The van der Waals surface area contributed by atoms with Crippen LogP contribution in [-0.2, 0) is 4.74 Å². The third-order valence-electron chi connectivity index (χ3n) is 4.40. The van der Waals surface area contributed by atoms with Gasteiger partial charge in [-0.15, -0.1) is 0 Å². The van der Waals surface area contributed by atoms with Crippen molar-refractivity contribution in [1.82, 2.24) is 0 Å². The van der Waals surface area contributed by atoms with Crippen LogP contribution < -0.4 is 0 Å². The lowest BCUT2D eigenvalue weighted by molar-refractivity contribution is 0.317. The molecule has 3 aromatic rings. The molecule has 1 heterocycles. The van der Waals surface area contributed by atoms with Crippen LogP contribution in [0.2, 0.25) is 5.02 Å². The van der Waals surface area contributed by atoms with Crippen molar-refractivity contribution < 1.29 is 18.6 Å². The first-order valence-corrected chi connectivity index (χ1v) is 8.64. The van der Waals surface area contributed by atoms with Crippen molar-refractivity contribution in [2.24, 2.45) is 4.99 Å². The summed E-state index contributed by atoms with van der Waals surface area (Å²) in [5.41, 5.74) is 2.42. The van der Waals surface area contributed by atoms with Crippen LogP contribution in [0, 0.1) is 11.6 Å². The molecule has 0 aromatic heterocycles. The Morgan fingerprint density at radius 2 is 1.63 bits per heavy atom. The third-order valence-corrected chi connectivity index (χ3v) is 4.71. The molecular formula is C21H14ClF2NO2. The lowest BCUT2D eigenvalue weighted by Crippen LogP contribution is -2.07. The summed E-state index contributed by atoms with van der Waals surface area (Å²) in [5.74, 6) is -1.39. The lowest BCUT2D eigenvalue weighted by Gasteiger charge is -2.08. The van der Waals surface area contributed by atoms with E-state index < -0.39 is 11.6 Å². The maximum absolute atomic E-state index is 13.9. The van der Waals surface area contributed by atoms with Gasteiger partial charge in [-0.1, -0.05) is 48.0 Å². The predicted molar refractivity (Wildman–Crippen MR) is 100 cm³/mol. The Kier molecular flexibility index (Phi) is 4.54. The first-order chi connectivity index (χ1) is 13.0. The number of hydrogen-bond donors (Lipinski definition) is 1. The van der Waals surface area contributed by atoms with Crippen LogP contribution >= 0.6 is 11.6 Å². The van der Waals surface area contributed by atoms with Gasteiger partial charge in [-0.25, -0.2) is 13.8 Å². The van der Waals surface area contributed by atoms with Gasteiger partial charge in [0, 0.05) is 0 Å². The molecule has 6 heteroatoms. The van der Waals surface area contributed by atoms with E-state index in [-0.39, 0.29) is 34.9 Å². The highest BCUT2D eigenvalue weighted by Crippen LogP contribution is 2.32. The van der Waals surface area contributed by atoms with Crippen molar-refractivity contribution in [3.05, 3.63) is 88.4 Å². The molecule has 0 amide bonds. The molecule has 0 bridgehead atoms. The zero-order chi connectivity index (χ0) is 19.0. The van der Waals surface area contributed by atoms with Crippen molar-refractivity contribution in [2.45, 2.75) is 6.04 Å². The first-order valence-electron chi connectivity index (χ1n) is 8.27. The average molecular weight is 386 g/mol. The van der Waals surface area contributed by atoms with E-state index in [0.717, 1.165) is 16.7 Å². The van der Waals surface area contributed by atoms with Crippen LogP contribution in [0.15, 0.2) is 65.7 Å². The van der Waals surface area contributed by atoms with E-state index in [4.69, 9.17) is 16.3 Å². The average Bonchev–Trinajstić information content (AvgIpc) is 3.14. The van der Waals surface area contributed by atoms with E-state index in [1.807, 2.05) is 24.3 Å². The molecule has 3 nitrogen and oxygen atoms in total. The zero-order valence-electron chi connectivity index (χ0n) is 14.0. The second-order valence-corrected chi connectivity index (χ2v) is 6.55. The second-order valence-electron chi connectivity index (χ2n) is 6.15. The van der Waals surface area contributed by atoms with Crippen LogP contribution in [-0.4, -0.2) is 17.6 Å². The standard InChI is InChI=1S/C21H14ClF2NO2/c22-15-10-14(8-9-19(15)26)12-4-6-13(7-5-12)18-11-27-21(25-18)20-16(23)2-1-3-17(20)24/h1-10,18,26H,11H2. The summed E-state index contributed by atoms with van der Waals surface area (Å²) >= 11 is 5.95. The van der Waals surface area contributed by atoms with Crippen LogP contribution in [0.1, 0.15) is 17.2 Å². The van der Waals surface area contributed by atoms with E-state index in [2.05, 4.69) is 4.99 Å². The Labute approximate surface area is 159 Å². The Bertz CT molecular complexity index is 1010. The summed E-state index contributed by atoms with van der Waals surface area (Å²) in [5, 5.41) is 9.80. The summed E-state index contributed by atoms with van der Waals surface area (Å²) in [6.07, 6.45) is 0. The molecule has 4 rings (SSSR count). The monoisotopic (exact) mass is 385 g/mol. The minimum Gasteiger partial charge on any atom is -0.506 e. The van der Waals surface area contributed by atoms with E-state index in [0.29, 0.717) is 0 Å².